The lowest BCUT2D eigenvalue weighted by Crippen LogP contribution is -2.56. The van der Waals surface area contributed by atoms with Crippen LogP contribution in [0.2, 0.25) is 0 Å². The van der Waals surface area contributed by atoms with Gasteiger partial charge in [-0.25, -0.2) is 4.39 Å². The van der Waals surface area contributed by atoms with Crippen LogP contribution in [0, 0.1) is 12.7 Å². The minimum absolute atomic E-state index is 0.0640. The number of aliphatic hydroxyl groups is 1. The summed E-state index contributed by atoms with van der Waals surface area (Å²) >= 11 is 0. The molecule has 3 aromatic rings. The number of carbonyl (C=O) groups is 1. The van der Waals surface area contributed by atoms with Gasteiger partial charge in [-0.15, -0.1) is 0 Å². The lowest BCUT2D eigenvalue weighted by atomic mass is 9.85. The molecule has 1 amide bonds. The molecule has 2 heterocycles. The van der Waals surface area contributed by atoms with Crippen LogP contribution in [0.15, 0.2) is 60.7 Å². The van der Waals surface area contributed by atoms with Gasteiger partial charge in [0, 0.05) is 38.4 Å². The number of fused-ring (bicyclic) bond motifs is 1. The van der Waals surface area contributed by atoms with Crippen molar-refractivity contribution in [3.8, 4) is 0 Å². The van der Waals surface area contributed by atoms with Gasteiger partial charge in [-0.3, -0.25) is 9.69 Å². The molecule has 0 radical (unpaired) electrons. The number of piperidine rings is 1. The summed E-state index contributed by atoms with van der Waals surface area (Å²) in [6.07, 6.45) is 1.71. The number of carbonyl (C=O) groups excluding carboxylic acids is 1. The van der Waals surface area contributed by atoms with Crippen molar-refractivity contribution in [1.82, 2.24) is 20.0 Å². The number of nitrogens with one attached hydrogen (secondary N) is 1. The Labute approximate surface area is 243 Å². The molecule has 0 bridgehead atoms. The van der Waals surface area contributed by atoms with Crippen molar-refractivity contribution in [3.05, 3.63) is 77.6 Å². The monoisotopic (exact) mass is 561 g/mol. The highest BCUT2D eigenvalue weighted by Gasteiger charge is 2.53. The fourth-order valence-electron chi connectivity index (χ4n) is 6.54. The molecule has 0 saturated carbocycles. The van der Waals surface area contributed by atoms with Crippen LogP contribution in [-0.4, -0.2) is 97.4 Å². The molecule has 8 heteroatoms. The summed E-state index contributed by atoms with van der Waals surface area (Å²) in [7, 11) is 4.09. The van der Waals surface area contributed by atoms with Crippen LogP contribution < -0.4 is 10.2 Å². The Morgan fingerprint density at radius 2 is 1.76 bits per heavy atom. The average Bonchev–Trinajstić information content (AvgIpc) is 3.20. The highest BCUT2D eigenvalue weighted by atomic mass is 19.1. The molecular weight excluding hydrogens is 517 g/mol. The largest absolute Gasteiger partial charge is 0.390 e. The SMILES string of the molecule is Cc1cccc2cccc(CN3CCC4(CC3)C(=O)N(C[C@@H](O)CNCCCN(C)C)CN4c3ccc(F)cc3)c12. The normalized spacial score (nSPS) is 18.2. The maximum absolute atomic E-state index is 14.1. The van der Waals surface area contributed by atoms with E-state index in [4.69, 9.17) is 0 Å². The third kappa shape index (κ3) is 6.56. The lowest BCUT2D eigenvalue weighted by molar-refractivity contribution is -0.134. The summed E-state index contributed by atoms with van der Waals surface area (Å²) in [5.41, 5.74) is 2.74. The van der Waals surface area contributed by atoms with Crippen LogP contribution >= 0.6 is 0 Å². The molecule has 220 valence electrons. The first kappa shape index (κ1) is 29.5. The Kier molecular flexibility index (Phi) is 9.24. The molecule has 5 rings (SSSR count). The molecule has 1 spiro atoms. The number of anilines is 1. The van der Waals surface area contributed by atoms with E-state index >= 15 is 0 Å². The van der Waals surface area contributed by atoms with E-state index < -0.39 is 11.6 Å². The van der Waals surface area contributed by atoms with Crippen LogP contribution in [0.25, 0.3) is 10.8 Å². The zero-order valence-electron chi connectivity index (χ0n) is 24.7. The van der Waals surface area contributed by atoms with Crippen LogP contribution in [0.1, 0.15) is 30.4 Å². The second kappa shape index (κ2) is 12.9. The molecule has 0 unspecified atom stereocenters. The van der Waals surface area contributed by atoms with Crippen molar-refractivity contribution in [2.75, 3.05) is 64.9 Å². The minimum atomic E-state index is -0.693. The fraction of sp³-hybridized carbons (Fsp3) is 0.485. The van der Waals surface area contributed by atoms with Gasteiger partial charge >= 0.3 is 0 Å². The van der Waals surface area contributed by atoms with Crippen molar-refractivity contribution in [3.63, 3.8) is 0 Å². The average molecular weight is 562 g/mol. The van der Waals surface area contributed by atoms with Crippen molar-refractivity contribution in [2.24, 2.45) is 0 Å². The first-order valence-corrected chi connectivity index (χ1v) is 14.8. The number of hydrogen-bond donors (Lipinski definition) is 2. The predicted octanol–water partition coefficient (Wildman–Crippen LogP) is 3.83. The highest BCUT2D eigenvalue weighted by Crippen LogP contribution is 2.40. The number of halogens is 1. The Hall–Kier alpha value is -3.04. The summed E-state index contributed by atoms with van der Waals surface area (Å²) < 4.78 is 13.8. The Bertz CT molecular complexity index is 1320. The van der Waals surface area contributed by atoms with Gasteiger partial charge in [0.1, 0.15) is 11.4 Å². The van der Waals surface area contributed by atoms with Gasteiger partial charge in [0.2, 0.25) is 5.91 Å². The van der Waals surface area contributed by atoms with E-state index in [0.717, 1.165) is 44.8 Å². The standard InChI is InChI=1S/C33H44FN5O2/c1-25-7-4-8-26-9-5-10-27(31(25)26)22-37-19-15-33(16-20-37)32(41)38(23-30(40)21-35-17-6-18-36(2)3)24-39(33)29-13-11-28(34)12-14-29/h4-5,7-14,30,35,40H,6,15-24H2,1-3H3/t30-/m0/s1. The fourth-order valence-corrected chi connectivity index (χ4v) is 6.54. The number of β-amino-alcohol motifs (C(OH)–C–C–N with tert-alkyl or cyclic N) is 1. The molecule has 2 aliphatic heterocycles. The van der Waals surface area contributed by atoms with Gasteiger partial charge in [0.05, 0.1) is 12.8 Å². The van der Waals surface area contributed by atoms with Crippen molar-refractivity contribution in [1.29, 1.82) is 0 Å². The van der Waals surface area contributed by atoms with Crippen molar-refractivity contribution < 1.29 is 14.3 Å². The van der Waals surface area contributed by atoms with E-state index in [0.29, 0.717) is 26.1 Å². The number of hydrogen-bond acceptors (Lipinski definition) is 6. The van der Waals surface area contributed by atoms with Gasteiger partial charge in [-0.1, -0.05) is 36.4 Å². The Morgan fingerprint density at radius 1 is 1.05 bits per heavy atom. The number of benzene rings is 3. The topological polar surface area (TPSA) is 62.3 Å². The van der Waals surface area contributed by atoms with Gasteiger partial charge in [-0.2, -0.15) is 0 Å². The second-order valence-corrected chi connectivity index (χ2v) is 12.0. The maximum atomic E-state index is 14.1. The van der Waals surface area contributed by atoms with Gasteiger partial charge in [0.15, 0.2) is 0 Å². The van der Waals surface area contributed by atoms with E-state index in [-0.39, 0.29) is 18.3 Å². The van der Waals surface area contributed by atoms with Crippen molar-refractivity contribution in [2.45, 2.75) is 44.4 Å². The van der Waals surface area contributed by atoms with Crippen LogP contribution in [0.3, 0.4) is 0 Å². The molecule has 1 atom stereocenters. The number of rotatable bonds is 11. The van der Waals surface area contributed by atoms with E-state index in [1.165, 1.54) is 34.0 Å². The first-order chi connectivity index (χ1) is 19.8. The first-order valence-electron chi connectivity index (χ1n) is 14.8. The highest BCUT2D eigenvalue weighted by molar-refractivity contribution is 5.93. The molecule has 7 nitrogen and oxygen atoms in total. The number of nitrogens with zero attached hydrogens (tertiary/aromatic N) is 4. The molecule has 2 N–H and O–H groups in total. The quantitative estimate of drug-likeness (QED) is 0.347. The summed E-state index contributed by atoms with van der Waals surface area (Å²) in [5.74, 6) is -0.227. The van der Waals surface area contributed by atoms with E-state index in [1.54, 1.807) is 17.0 Å². The number of amides is 1. The van der Waals surface area contributed by atoms with E-state index in [2.05, 4.69) is 63.3 Å². The van der Waals surface area contributed by atoms with Crippen molar-refractivity contribution >= 4 is 22.4 Å². The summed E-state index contributed by atoms with van der Waals surface area (Å²) in [6, 6.07) is 19.4. The number of aryl methyl sites for hydroxylation is 1. The summed E-state index contributed by atoms with van der Waals surface area (Å²) in [4.78, 5) is 22.6. The zero-order valence-corrected chi connectivity index (χ0v) is 24.7. The van der Waals surface area contributed by atoms with E-state index in [1.807, 2.05) is 14.1 Å². The van der Waals surface area contributed by atoms with Gasteiger partial charge in [-0.05, 0) is 99.5 Å². The van der Waals surface area contributed by atoms with Gasteiger partial charge in [0.25, 0.3) is 0 Å². The molecule has 41 heavy (non-hydrogen) atoms. The molecule has 2 fully saturated rings. The third-order valence-electron chi connectivity index (χ3n) is 8.70. The molecule has 2 saturated heterocycles. The third-order valence-corrected chi connectivity index (χ3v) is 8.70. The van der Waals surface area contributed by atoms with Crippen LogP contribution in [0.4, 0.5) is 10.1 Å². The molecular formula is C33H44FN5O2. The predicted molar refractivity (Wildman–Crippen MR) is 163 cm³/mol. The lowest BCUT2D eigenvalue weighted by Gasteiger charge is -2.43. The minimum Gasteiger partial charge on any atom is -0.390 e. The van der Waals surface area contributed by atoms with Crippen LogP contribution in [0.5, 0.6) is 0 Å². The Morgan fingerprint density at radius 3 is 2.46 bits per heavy atom. The summed E-state index contributed by atoms with van der Waals surface area (Å²) in [5, 5.41) is 16.7. The van der Waals surface area contributed by atoms with E-state index in [9.17, 15) is 14.3 Å². The van der Waals surface area contributed by atoms with Crippen LogP contribution in [-0.2, 0) is 11.3 Å². The summed E-state index contributed by atoms with van der Waals surface area (Å²) in [6.45, 7) is 7.50. The molecule has 0 aromatic heterocycles. The zero-order chi connectivity index (χ0) is 29.0. The second-order valence-electron chi connectivity index (χ2n) is 12.0. The maximum Gasteiger partial charge on any atom is 0.250 e. The number of aliphatic hydroxyl groups excluding tert-OH is 1. The smallest absolute Gasteiger partial charge is 0.250 e. The molecule has 0 aliphatic carbocycles. The molecule has 3 aromatic carbocycles. The molecule has 2 aliphatic rings. The van der Waals surface area contributed by atoms with Gasteiger partial charge < -0.3 is 25.1 Å². The number of likely N-dealkylation sites (tertiary alicyclic amines) is 1. The Balaban J connectivity index is 1.28.